The van der Waals surface area contributed by atoms with Crippen molar-refractivity contribution in [2.45, 2.75) is 12.5 Å². The molecule has 3 rings (SSSR count). The largest absolute Gasteiger partial charge is 0.480 e. The molecule has 3 N–H and O–H groups in total. The number of fused-ring (bicyclic) bond motifs is 1. The highest BCUT2D eigenvalue weighted by Crippen LogP contribution is 2.19. The molecule has 1 aromatic heterocycles. The molecule has 2 aromatic carbocycles. The van der Waals surface area contributed by atoms with Crippen LogP contribution in [0.2, 0.25) is 5.02 Å². The fraction of sp³-hybridized carbons (Fsp3) is 0.100. The van der Waals surface area contributed by atoms with Gasteiger partial charge >= 0.3 is 5.97 Å². The number of nitrogens with one attached hydrogen (secondary N) is 2. The third kappa shape index (κ3) is 4.13. The maximum Gasteiger partial charge on any atom is 0.326 e. The molecule has 0 aliphatic heterocycles. The van der Waals surface area contributed by atoms with Crippen LogP contribution in [0.5, 0.6) is 0 Å². The Balaban J connectivity index is 1.68. The molecule has 1 atom stereocenters. The molecule has 0 amide bonds. The summed E-state index contributed by atoms with van der Waals surface area (Å²) in [5, 5.41) is 13.8. The Kier molecular flexibility index (Phi) is 5.39. The molecule has 0 spiro atoms. The lowest BCUT2D eigenvalue weighted by atomic mass is 10.1. The first kappa shape index (κ1) is 17.8. The van der Waals surface area contributed by atoms with Crippen molar-refractivity contribution in [3.63, 3.8) is 0 Å². The molecule has 26 heavy (non-hydrogen) atoms. The highest BCUT2D eigenvalue weighted by Gasteiger charge is 2.18. The third-order valence-electron chi connectivity index (χ3n) is 4.06. The average molecular weight is 369 g/mol. The number of hydrogen-bond donors (Lipinski definition) is 3. The van der Waals surface area contributed by atoms with E-state index < -0.39 is 12.0 Å². The quantitative estimate of drug-likeness (QED) is 0.437. The van der Waals surface area contributed by atoms with Crippen molar-refractivity contribution in [2.24, 2.45) is 0 Å². The number of aliphatic carboxylic acids is 1. The Morgan fingerprint density at radius 1 is 1.15 bits per heavy atom. The van der Waals surface area contributed by atoms with Crippen molar-refractivity contribution < 1.29 is 14.7 Å². The molecule has 1 heterocycles. The van der Waals surface area contributed by atoms with Crippen molar-refractivity contribution in [2.75, 3.05) is 0 Å². The van der Waals surface area contributed by atoms with Crippen molar-refractivity contribution in [1.82, 2.24) is 10.3 Å². The van der Waals surface area contributed by atoms with Gasteiger partial charge in [0.05, 0.1) is 0 Å². The van der Waals surface area contributed by atoms with E-state index in [9.17, 15) is 14.7 Å². The Morgan fingerprint density at radius 2 is 1.88 bits per heavy atom. The predicted molar refractivity (Wildman–Crippen MR) is 101 cm³/mol. The molecule has 0 saturated carbocycles. The van der Waals surface area contributed by atoms with Crippen LogP contribution in [0.4, 0.5) is 0 Å². The number of carbonyl (C=O) groups excluding carboxylic acids is 1. The van der Waals surface area contributed by atoms with Gasteiger partial charge in [-0.2, -0.15) is 0 Å². The molecule has 3 aromatic rings. The van der Waals surface area contributed by atoms with Gasteiger partial charge in [0.15, 0.2) is 5.78 Å². The number of hydrogen-bond acceptors (Lipinski definition) is 3. The SMILES string of the molecule is O=C(/C=C/NC(Cc1c[nH]c2ccccc12)C(=O)O)c1ccc(Cl)cc1. The molecular weight excluding hydrogens is 352 g/mol. The normalized spacial score (nSPS) is 12.3. The maximum atomic E-state index is 12.1. The summed E-state index contributed by atoms with van der Waals surface area (Å²) in [4.78, 5) is 26.7. The Bertz CT molecular complexity index is 961. The number of carbonyl (C=O) groups is 2. The van der Waals surface area contributed by atoms with Crippen LogP contribution in [-0.4, -0.2) is 27.9 Å². The summed E-state index contributed by atoms with van der Waals surface area (Å²) in [7, 11) is 0. The van der Waals surface area contributed by atoms with E-state index >= 15 is 0 Å². The van der Waals surface area contributed by atoms with Gasteiger partial charge in [-0.25, -0.2) is 4.79 Å². The Hall–Kier alpha value is -3.05. The number of H-pyrrole nitrogens is 1. The minimum atomic E-state index is -0.987. The van der Waals surface area contributed by atoms with Crippen molar-refractivity contribution in [1.29, 1.82) is 0 Å². The van der Waals surface area contributed by atoms with Crippen LogP contribution in [0.1, 0.15) is 15.9 Å². The summed E-state index contributed by atoms with van der Waals surface area (Å²) in [5.74, 6) is -1.22. The number of allylic oxidation sites excluding steroid dienone is 1. The molecule has 0 fully saturated rings. The number of ketones is 1. The van der Waals surface area contributed by atoms with Gasteiger partial charge in [-0.1, -0.05) is 29.8 Å². The zero-order valence-corrected chi connectivity index (χ0v) is 14.5. The lowest BCUT2D eigenvalue weighted by Gasteiger charge is -2.12. The van der Waals surface area contributed by atoms with Gasteiger partial charge in [0.2, 0.25) is 0 Å². The Morgan fingerprint density at radius 3 is 2.62 bits per heavy atom. The number of aromatic amines is 1. The zero-order valence-electron chi connectivity index (χ0n) is 13.8. The summed E-state index contributed by atoms with van der Waals surface area (Å²) in [6, 6.07) is 13.4. The van der Waals surface area contributed by atoms with Crippen molar-refractivity contribution in [3.05, 3.63) is 83.2 Å². The van der Waals surface area contributed by atoms with E-state index in [1.165, 1.54) is 12.3 Å². The van der Waals surface area contributed by atoms with Crippen LogP contribution in [0, 0.1) is 0 Å². The van der Waals surface area contributed by atoms with Gasteiger partial charge in [0.1, 0.15) is 6.04 Å². The van der Waals surface area contributed by atoms with Crippen LogP contribution in [-0.2, 0) is 11.2 Å². The summed E-state index contributed by atoms with van der Waals surface area (Å²) >= 11 is 5.80. The molecule has 5 nitrogen and oxygen atoms in total. The monoisotopic (exact) mass is 368 g/mol. The predicted octanol–water partition coefficient (Wildman–Crippen LogP) is 3.80. The van der Waals surface area contributed by atoms with E-state index in [1.54, 1.807) is 24.3 Å². The molecule has 6 heteroatoms. The summed E-state index contributed by atoms with van der Waals surface area (Å²) < 4.78 is 0. The number of rotatable bonds is 7. The maximum absolute atomic E-state index is 12.1. The number of halogens is 1. The van der Waals surface area contributed by atoms with E-state index in [-0.39, 0.29) is 5.78 Å². The Labute approximate surface area is 155 Å². The van der Waals surface area contributed by atoms with Crippen LogP contribution in [0.25, 0.3) is 10.9 Å². The molecule has 0 saturated heterocycles. The van der Waals surface area contributed by atoms with E-state index in [0.717, 1.165) is 16.5 Å². The first-order valence-electron chi connectivity index (χ1n) is 8.05. The second-order valence-electron chi connectivity index (χ2n) is 5.83. The van der Waals surface area contributed by atoms with Crippen LogP contribution < -0.4 is 5.32 Å². The second kappa shape index (κ2) is 7.89. The van der Waals surface area contributed by atoms with Crippen molar-refractivity contribution in [3.8, 4) is 0 Å². The van der Waals surface area contributed by atoms with Gasteiger partial charge in [-0.3, -0.25) is 4.79 Å². The fourth-order valence-corrected chi connectivity index (χ4v) is 2.81. The standard InChI is InChI=1S/C20H17ClN2O3/c21-15-7-5-13(6-8-15)19(24)9-10-22-18(20(25)26)11-14-12-23-17-4-2-1-3-16(14)17/h1-10,12,18,22-23H,11H2,(H,25,26)/b10-9+. The average Bonchev–Trinajstić information content (AvgIpc) is 3.04. The van der Waals surface area contributed by atoms with E-state index in [1.807, 2.05) is 30.5 Å². The molecule has 0 bridgehead atoms. The number of para-hydroxylation sites is 1. The van der Waals surface area contributed by atoms with Gasteiger partial charge < -0.3 is 15.4 Å². The highest BCUT2D eigenvalue weighted by molar-refractivity contribution is 6.30. The highest BCUT2D eigenvalue weighted by atomic mass is 35.5. The topological polar surface area (TPSA) is 82.2 Å². The zero-order chi connectivity index (χ0) is 18.5. The molecule has 0 aliphatic carbocycles. The lowest BCUT2D eigenvalue weighted by molar-refractivity contribution is -0.139. The molecular formula is C20H17ClN2O3. The molecule has 0 radical (unpaired) electrons. The minimum Gasteiger partial charge on any atom is -0.480 e. The first-order valence-corrected chi connectivity index (χ1v) is 8.42. The fourth-order valence-electron chi connectivity index (χ4n) is 2.69. The first-order chi connectivity index (χ1) is 12.5. The second-order valence-corrected chi connectivity index (χ2v) is 6.26. The summed E-state index contributed by atoms with van der Waals surface area (Å²) in [5.41, 5.74) is 2.34. The molecule has 132 valence electrons. The molecule has 0 aliphatic rings. The number of carboxylic acid groups (broad SMARTS) is 1. The van der Waals surface area contributed by atoms with E-state index in [0.29, 0.717) is 17.0 Å². The smallest absolute Gasteiger partial charge is 0.326 e. The van der Waals surface area contributed by atoms with Crippen LogP contribution in [0.3, 0.4) is 0 Å². The van der Waals surface area contributed by atoms with E-state index in [2.05, 4.69) is 10.3 Å². The summed E-state index contributed by atoms with van der Waals surface area (Å²) in [6.45, 7) is 0. The lowest BCUT2D eigenvalue weighted by Crippen LogP contribution is -2.35. The third-order valence-corrected chi connectivity index (χ3v) is 4.31. The van der Waals surface area contributed by atoms with Gasteiger partial charge in [-0.05, 0) is 35.9 Å². The minimum absolute atomic E-state index is 0.231. The summed E-state index contributed by atoms with van der Waals surface area (Å²) in [6.07, 6.45) is 4.79. The van der Waals surface area contributed by atoms with Gasteiger partial charge in [0, 0.05) is 46.4 Å². The van der Waals surface area contributed by atoms with E-state index in [4.69, 9.17) is 11.6 Å². The van der Waals surface area contributed by atoms with Crippen LogP contribution in [0.15, 0.2) is 67.0 Å². The number of aromatic nitrogens is 1. The van der Waals surface area contributed by atoms with Crippen molar-refractivity contribution >= 4 is 34.3 Å². The number of carboxylic acids is 1. The van der Waals surface area contributed by atoms with Gasteiger partial charge in [-0.15, -0.1) is 0 Å². The molecule has 1 unspecified atom stereocenters. The number of benzene rings is 2. The van der Waals surface area contributed by atoms with Crippen LogP contribution >= 0.6 is 11.6 Å². The van der Waals surface area contributed by atoms with Gasteiger partial charge in [0.25, 0.3) is 0 Å².